The van der Waals surface area contributed by atoms with Gasteiger partial charge in [-0.25, -0.2) is 0 Å². The molecule has 3 rings (SSSR count). The number of rotatable bonds is 5. The van der Waals surface area contributed by atoms with Crippen LogP contribution in [-0.4, -0.2) is 47.4 Å². The van der Waals surface area contributed by atoms with Gasteiger partial charge in [0.05, 0.1) is 5.56 Å². The van der Waals surface area contributed by atoms with E-state index in [0.717, 1.165) is 38.2 Å². The largest absolute Gasteiger partial charge is 0.469 e. The molecule has 0 N–H and O–H groups in total. The summed E-state index contributed by atoms with van der Waals surface area (Å²) in [5.41, 5.74) is 2.06. The molecule has 1 aliphatic heterocycles. The van der Waals surface area contributed by atoms with Crippen LogP contribution in [0.4, 0.5) is 0 Å². The van der Waals surface area contributed by atoms with Crippen molar-refractivity contribution in [1.29, 1.82) is 0 Å². The van der Waals surface area contributed by atoms with E-state index in [9.17, 15) is 4.79 Å². The molecule has 0 saturated carbocycles. The van der Waals surface area contributed by atoms with Crippen molar-refractivity contribution in [3.05, 3.63) is 59.5 Å². The van der Waals surface area contributed by atoms with Crippen LogP contribution < -0.4 is 0 Å². The fourth-order valence-corrected chi connectivity index (χ4v) is 3.65. The lowest BCUT2D eigenvalue weighted by atomic mass is 10.1. The minimum Gasteiger partial charge on any atom is -0.469 e. The SMILES string of the molecule is Cc1cc(C(=O)N2C[C@@H](C)N(CCCc3ccccc3)C[C@@H]2C)co1. The number of carbonyl (C=O) groups is 1. The van der Waals surface area contributed by atoms with Gasteiger partial charge in [0.15, 0.2) is 0 Å². The third-order valence-corrected chi connectivity index (χ3v) is 5.11. The molecule has 1 amide bonds. The molecule has 25 heavy (non-hydrogen) atoms. The zero-order chi connectivity index (χ0) is 17.8. The van der Waals surface area contributed by atoms with Gasteiger partial charge in [-0.2, -0.15) is 0 Å². The molecule has 2 atom stereocenters. The van der Waals surface area contributed by atoms with Gasteiger partial charge in [-0.1, -0.05) is 30.3 Å². The highest BCUT2D eigenvalue weighted by molar-refractivity contribution is 5.94. The lowest BCUT2D eigenvalue weighted by molar-refractivity contribution is 0.0314. The van der Waals surface area contributed by atoms with Crippen molar-refractivity contribution in [1.82, 2.24) is 9.80 Å². The summed E-state index contributed by atoms with van der Waals surface area (Å²) in [6.07, 6.45) is 3.83. The van der Waals surface area contributed by atoms with Gasteiger partial charge in [-0.15, -0.1) is 0 Å². The third kappa shape index (κ3) is 4.31. The van der Waals surface area contributed by atoms with Gasteiger partial charge < -0.3 is 9.32 Å². The fourth-order valence-electron chi connectivity index (χ4n) is 3.65. The normalized spacial score (nSPS) is 21.5. The van der Waals surface area contributed by atoms with Crippen molar-refractivity contribution in [3.8, 4) is 0 Å². The Morgan fingerprint density at radius 2 is 1.92 bits per heavy atom. The highest BCUT2D eigenvalue weighted by Crippen LogP contribution is 2.20. The van der Waals surface area contributed by atoms with Gasteiger partial charge in [0.2, 0.25) is 0 Å². The van der Waals surface area contributed by atoms with Crippen molar-refractivity contribution >= 4 is 5.91 Å². The molecule has 1 fully saturated rings. The number of hydrogen-bond donors (Lipinski definition) is 0. The molecular formula is C21H28N2O2. The molecule has 4 heteroatoms. The number of benzene rings is 1. The maximum absolute atomic E-state index is 12.7. The van der Waals surface area contributed by atoms with Crippen LogP contribution in [0.2, 0.25) is 0 Å². The maximum Gasteiger partial charge on any atom is 0.257 e. The number of aryl methyl sites for hydroxylation is 2. The van der Waals surface area contributed by atoms with Crippen molar-refractivity contribution < 1.29 is 9.21 Å². The molecule has 0 aliphatic carbocycles. The predicted molar refractivity (Wildman–Crippen MR) is 99.7 cm³/mol. The molecule has 2 heterocycles. The van der Waals surface area contributed by atoms with E-state index in [1.807, 2.05) is 17.9 Å². The van der Waals surface area contributed by atoms with E-state index in [0.29, 0.717) is 11.6 Å². The molecule has 2 aromatic rings. The van der Waals surface area contributed by atoms with E-state index < -0.39 is 0 Å². The highest BCUT2D eigenvalue weighted by atomic mass is 16.3. The molecule has 1 aliphatic rings. The quantitative estimate of drug-likeness (QED) is 0.832. The Kier molecular flexibility index (Phi) is 5.59. The Hall–Kier alpha value is -2.07. The Labute approximate surface area is 150 Å². The van der Waals surface area contributed by atoms with Crippen LogP contribution in [0.25, 0.3) is 0 Å². The first-order valence-corrected chi connectivity index (χ1v) is 9.18. The smallest absolute Gasteiger partial charge is 0.257 e. The fraction of sp³-hybridized carbons (Fsp3) is 0.476. The summed E-state index contributed by atoms with van der Waals surface area (Å²) < 4.78 is 5.30. The zero-order valence-corrected chi connectivity index (χ0v) is 15.4. The summed E-state index contributed by atoms with van der Waals surface area (Å²) in [5.74, 6) is 0.865. The first-order valence-electron chi connectivity index (χ1n) is 9.18. The van der Waals surface area contributed by atoms with Gasteiger partial charge in [-0.3, -0.25) is 9.69 Å². The summed E-state index contributed by atoms with van der Waals surface area (Å²) >= 11 is 0. The number of furan rings is 1. The molecule has 0 radical (unpaired) electrons. The number of piperazine rings is 1. The van der Waals surface area contributed by atoms with Crippen LogP contribution >= 0.6 is 0 Å². The lowest BCUT2D eigenvalue weighted by Crippen LogP contribution is -2.58. The topological polar surface area (TPSA) is 36.7 Å². The van der Waals surface area contributed by atoms with Crippen LogP contribution in [0.5, 0.6) is 0 Å². The van der Waals surface area contributed by atoms with Crippen LogP contribution in [0.15, 0.2) is 47.1 Å². The Morgan fingerprint density at radius 3 is 2.60 bits per heavy atom. The summed E-state index contributed by atoms with van der Waals surface area (Å²) in [6, 6.07) is 13.1. The van der Waals surface area contributed by atoms with Crippen molar-refractivity contribution in [3.63, 3.8) is 0 Å². The molecular weight excluding hydrogens is 312 g/mol. The summed E-state index contributed by atoms with van der Waals surface area (Å²) in [5, 5.41) is 0. The highest BCUT2D eigenvalue weighted by Gasteiger charge is 2.32. The van der Waals surface area contributed by atoms with E-state index in [1.165, 1.54) is 5.56 Å². The van der Waals surface area contributed by atoms with E-state index >= 15 is 0 Å². The summed E-state index contributed by atoms with van der Waals surface area (Å²) in [4.78, 5) is 17.2. The van der Waals surface area contributed by atoms with Crippen LogP contribution in [0.1, 0.15) is 41.9 Å². The molecule has 4 nitrogen and oxygen atoms in total. The third-order valence-electron chi connectivity index (χ3n) is 5.11. The number of hydrogen-bond acceptors (Lipinski definition) is 3. The van der Waals surface area contributed by atoms with E-state index in [-0.39, 0.29) is 11.9 Å². The van der Waals surface area contributed by atoms with Gasteiger partial charge in [0.1, 0.15) is 12.0 Å². The second kappa shape index (κ2) is 7.87. The second-order valence-electron chi connectivity index (χ2n) is 7.19. The van der Waals surface area contributed by atoms with Gasteiger partial charge in [-0.05, 0) is 51.8 Å². The molecule has 134 valence electrons. The predicted octanol–water partition coefficient (Wildman–Crippen LogP) is 3.76. The Bertz CT molecular complexity index is 695. The Balaban J connectivity index is 1.54. The standard InChI is InChI=1S/C21H28N2O2/c1-16-14-23(21(24)20-12-18(3)25-15-20)17(2)13-22(16)11-7-10-19-8-5-4-6-9-19/h4-6,8-9,12,15-17H,7,10-11,13-14H2,1-3H3/t16-,17+/m1/s1. The average molecular weight is 340 g/mol. The number of carbonyl (C=O) groups excluding carboxylic acids is 1. The monoisotopic (exact) mass is 340 g/mol. The molecule has 0 spiro atoms. The first kappa shape index (κ1) is 17.7. The van der Waals surface area contributed by atoms with Gasteiger partial charge >= 0.3 is 0 Å². The Morgan fingerprint density at radius 1 is 1.16 bits per heavy atom. The molecule has 0 unspecified atom stereocenters. The minimum atomic E-state index is 0.0835. The van der Waals surface area contributed by atoms with Crippen molar-refractivity contribution in [2.45, 2.75) is 45.7 Å². The second-order valence-corrected chi connectivity index (χ2v) is 7.19. The van der Waals surface area contributed by atoms with Crippen LogP contribution in [0.3, 0.4) is 0 Å². The van der Waals surface area contributed by atoms with Crippen molar-refractivity contribution in [2.24, 2.45) is 0 Å². The van der Waals surface area contributed by atoms with E-state index in [4.69, 9.17) is 4.42 Å². The average Bonchev–Trinajstić information content (AvgIpc) is 3.04. The van der Waals surface area contributed by atoms with E-state index in [1.54, 1.807) is 6.26 Å². The lowest BCUT2D eigenvalue weighted by Gasteiger charge is -2.44. The summed E-state index contributed by atoms with van der Waals surface area (Å²) in [6.45, 7) is 9.01. The van der Waals surface area contributed by atoms with Crippen LogP contribution in [-0.2, 0) is 6.42 Å². The zero-order valence-electron chi connectivity index (χ0n) is 15.4. The van der Waals surface area contributed by atoms with E-state index in [2.05, 4.69) is 49.1 Å². The number of nitrogens with zero attached hydrogens (tertiary/aromatic N) is 2. The molecule has 1 saturated heterocycles. The number of amides is 1. The maximum atomic E-state index is 12.7. The summed E-state index contributed by atoms with van der Waals surface area (Å²) in [7, 11) is 0. The first-order chi connectivity index (χ1) is 12.0. The van der Waals surface area contributed by atoms with Gasteiger partial charge in [0.25, 0.3) is 5.91 Å². The molecule has 1 aromatic carbocycles. The minimum absolute atomic E-state index is 0.0835. The van der Waals surface area contributed by atoms with Gasteiger partial charge in [0, 0.05) is 25.2 Å². The molecule has 0 bridgehead atoms. The van der Waals surface area contributed by atoms with Crippen LogP contribution in [0, 0.1) is 6.92 Å². The van der Waals surface area contributed by atoms with Crippen molar-refractivity contribution in [2.75, 3.05) is 19.6 Å². The molecule has 1 aromatic heterocycles.